The summed E-state index contributed by atoms with van der Waals surface area (Å²) in [4.78, 5) is 0. The Kier molecular flexibility index (Phi) is 10.8. The van der Waals surface area contributed by atoms with Crippen molar-refractivity contribution < 1.29 is 0 Å². The van der Waals surface area contributed by atoms with Crippen LogP contribution in [0.15, 0.2) is 0 Å². The molecule has 0 saturated heterocycles. The minimum Gasteiger partial charge on any atom is -0.287 e. The minimum absolute atomic E-state index is 1.13. The normalized spacial score (nSPS) is 13.1. The van der Waals surface area contributed by atoms with E-state index in [2.05, 4.69) is 73.7 Å². The highest BCUT2D eigenvalue weighted by atomic mass is 28.4. The topological polar surface area (TPSA) is 13.0 Å². The Balaban J connectivity index is 6.15. The van der Waals surface area contributed by atoms with Crippen LogP contribution in [-0.2, 0) is 0 Å². The average Bonchev–Trinajstić information content (AvgIpc) is 2.51. The number of hydrogen-bond donors (Lipinski definition) is 0. The summed E-state index contributed by atoms with van der Waals surface area (Å²) in [5, 5.41) is 0. The van der Waals surface area contributed by atoms with E-state index >= 15 is 0 Å². The van der Waals surface area contributed by atoms with E-state index in [0.717, 1.165) is 52.4 Å². The summed E-state index contributed by atoms with van der Waals surface area (Å²) in [6.45, 7) is 27.6. The maximum absolute atomic E-state index is 2.76. The molecule has 0 rings (SSSR count). The molecular weight excluding hydrogens is 276 g/mol. The first-order valence-electron chi connectivity index (χ1n) is 9.08. The molecule has 0 aliphatic rings. The Labute approximate surface area is 135 Å². The molecule has 0 heterocycles. The molecule has 0 aromatic rings. The highest BCUT2D eigenvalue weighted by Gasteiger charge is 2.53. The van der Waals surface area contributed by atoms with Crippen molar-refractivity contribution in [2.45, 2.75) is 55.4 Å². The zero-order valence-corrected chi connectivity index (χ0v) is 16.9. The molecule has 0 atom stereocenters. The van der Waals surface area contributed by atoms with Gasteiger partial charge in [0.2, 0.25) is 0 Å². The molecule has 0 N–H and O–H groups in total. The molecule has 0 aliphatic carbocycles. The van der Waals surface area contributed by atoms with Gasteiger partial charge in [-0.25, -0.2) is 0 Å². The van der Waals surface area contributed by atoms with Crippen LogP contribution in [0.2, 0.25) is 0 Å². The Morgan fingerprint density at radius 1 is 0.381 bits per heavy atom. The smallest absolute Gasteiger partial charge is 0.287 e. The van der Waals surface area contributed by atoms with Crippen molar-refractivity contribution in [2.24, 2.45) is 0 Å². The lowest BCUT2D eigenvalue weighted by molar-refractivity contribution is 0.186. The molecule has 0 bridgehead atoms. The largest absolute Gasteiger partial charge is 0.376 e. The van der Waals surface area contributed by atoms with Crippen LogP contribution in [0.5, 0.6) is 0 Å². The van der Waals surface area contributed by atoms with Crippen LogP contribution in [0.25, 0.3) is 0 Å². The fraction of sp³-hybridized carbons (Fsp3) is 1.00. The quantitative estimate of drug-likeness (QED) is 0.513. The molecule has 21 heavy (non-hydrogen) atoms. The molecule has 0 unspecified atom stereocenters. The lowest BCUT2D eigenvalue weighted by Crippen LogP contribution is -2.83. The van der Waals surface area contributed by atoms with Crippen molar-refractivity contribution in [2.75, 3.05) is 52.4 Å². The van der Waals surface area contributed by atoms with Crippen molar-refractivity contribution in [3.05, 3.63) is 0 Å². The molecule has 4 nitrogen and oxygen atoms in total. The Morgan fingerprint density at radius 3 is 0.619 bits per heavy atom. The van der Waals surface area contributed by atoms with E-state index < -0.39 is 8.72 Å². The molecule has 0 spiro atoms. The van der Waals surface area contributed by atoms with Crippen LogP contribution in [0.3, 0.4) is 0 Å². The summed E-state index contributed by atoms with van der Waals surface area (Å²) in [6, 6.07) is 0. The van der Waals surface area contributed by atoms with Crippen LogP contribution >= 0.6 is 0 Å². The third-order valence-electron chi connectivity index (χ3n) is 4.75. The van der Waals surface area contributed by atoms with Gasteiger partial charge in [-0.1, -0.05) is 55.4 Å². The van der Waals surface area contributed by atoms with Gasteiger partial charge in [0.05, 0.1) is 0 Å². The first-order valence-corrected chi connectivity index (χ1v) is 10.9. The molecule has 0 aromatic carbocycles. The van der Waals surface area contributed by atoms with Gasteiger partial charge in [-0.05, 0) is 52.4 Å². The fourth-order valence-electron chi connectivity index (χ4n) is 3.79. The summed E-state index contributed by atoms with van der Waals surface area (Å²) >= 11 is 0. The van der Waals surface area contributed by atoms with Crippen LogP contribution in [0, 0.1) is 0 Å². The maximum atomic E-state index is 2.76. The van der Waals surface area contributed by atoms with Crippen molar-refractivity contribution >= 4 is 8.72 Å². The standard InChI is InChI=1S/C16H40N4Si/c1-9-17(10-2)21(18(11-3)12-4,19(13-5)14-6)20(15-7)16-8/h9-16H2,1-8H3. The average molecular weight is 317 g/mol. The van der Waals surface area contributed by atoms with Crippen LogP contribution in [0.1, 0.15) is 55.4 Å². The van der Waals surface area contributed by atoms with Gasteiger partial charge in [0.1, 0.15) is 0 Å². The lowest BCUT2D eigenvalue weighted by atomic mass is 10.6. The Bertz CT molecular complexity index is 193. The van der Waals surface area contributed by atoms with E-state index in [9.17, 15) is 0 Å². The second-order valence-electron chi connectivity index (χ2n) is 5.29. The third kappa shape index (κ3) is 4.08. The molecule has 0 radical (unpaired) electrons. The van der Waals surface area contributed by atoms with Gasteiger partial charge in [0, 0.05) is 0 Å². The predicted molar refractivity (Wildman–Crippen MR) is 97.4 cm³/mol. The van der Waals surface area contributed by atoms with E-state index in [-0.39, 0.29) is 0 Å². The molecule has 0 aliphatic heterocycles. The van der Waals surface area contributed by atoms with E-state index in [0.29, 0.717) is 0 Å². The third-order valence-corrected chi connectivity index (χ3v) is 10.7. The van der Waals surface area contributed by atoms with Crippen molar-refractivity contribution in [3.8, 4) is 0 Å². The van der Waals surface area contributed by atoms with E-state index in [4.69, 9.17) is 0 Å². The van der Waals surface area contributed by atoms with Gasteiger partial charge in [-0.2, -0.15) is 0 Å². The first kappa shape index (κ1) is 21.1. The second kappa shape index (κ2) is 10.7. The number of rotatable bonds is 12. The molecule has 0 saturated carbocycles. The highest BCUT2D eigenvalue weighted by Crippen LogP contribution is 2.24. The molecular formula is C16H40N4Si. The summed E-state index contributed by atoms with van der Waals surface area (Å²) < 4.78 is 11.1. The molecule has 0 amide bonds. The Morgan fingerprint density at radius 2 is 0.524 bits per heavy atom. The van der Waals surface area contributed by atoms with Crippen LogP contribution < -0.4 is 0 Å². The SMILES string of the molecule is CCN(CC)[Si](N(CC)CC)(N(CC)CC)N(CC)CC. The van der Waals surface area contributed by atoms with Gasteiger partial charge in [-0.15, -0.1) is 0 Å². The van der Waals surface area contributed by atoms with Crippen LogP contribution in [-0.4, -0.2) is 79.3 Å². The number of nitrogens with zero attached hydrogens (tertiary/aromatic N) is 4. The summed E-state index contributed by atoms with van der Waals surface area (Å²) in [5.74, 6) is 0. The van der Waals surface area contributed by atoms with E-state index in [1.165, 1.54) is 0 Å². The monoisotopic (exact) mass is 316 g/mol. The zero-order valence-electron chi connectivity index (χ0n) is 15.9. The van der Waals surface area contributed by atoms with Crippen LogP contribution in [0.4, 0.5) is 0 Å². The van der Waals surface area contributed by atoms with Crippen molar-refractivity contribution in [3.63, 3.8) is 0 Å². The van der Waals surface area contributed by atoms with Gasteiger partial charge in [0.15, 0.2) is 0 Å². The van der Waals surface area contributed by atoms with Gasteiger partial charge in [-0.3, -0.25) is 18.3 Å². The predicted octanol–water partition coefficient (Wildman–Crippen LogP) is 2.79. The molecule has 0 fully saturated rings. The van der Waals surface area contributed by atoms with Gasteiger partial charge < -0.3 is 0 Å². The minimum atomic E-state index is -1.98. The lowest BCUT2D eigenvalue weighted by Gasteiger charge is -2.57. The van der Waals surface area contributed by atoms with Gasteiger partial charge >= 0.3 is 8.72 Å². The van der Waals surface area contributed by atoms with Gasteiger partial charge in [0.25, 0.3) is 0 Å². The highest BCUT2D eigenvalue weighted by molar-refractivity contribution is 6.69. The maximum Gasteiger partial charge on any atom is 0.376 e. The summed E-state index contributed by atoms with van der Waals surface area (Å²) in [7, 11) is -1.98. The fourth-order valence-corrected chi connectivity index (χ4v) is 9.59. The molecule has 5 heteroatoms. The zero-order chi connectivity index (χ0) is 16.5. The van der Waals surface area contributed by atoms with E-state index in [1.807, 2.05) is 0 Å². The molecule has 128 valence electrons. The summed E-state index contributed by atoms with van der Waals surface area (Å²) in [5.41, 5.74) is 0. The van der Waals surface area contributed by atoms with Crippen molar-refractivity contribution in [1.29, 1.82) is 0 Å². The molecule has 0 aromatic heterocycles. The van der Waals surface area contributed by atoms with Crippen molar-refractivity contribution in [1.82, 2.24) is 18.3 Å². The Hall–Kier alpha value is 0.0569. The van der Waals surface area contributed by atoms with E-state index in [1.54, 1.807) is 0 Å². The first-order chi connectivity index (χ1) is 10.1. The second-order valence-corrected chi connectivity index (χ2v) is 9.02. The summed E-state index contributed by atoms with van der Waals surface area (Å²) in [6.07, 6.45) is 0. The number of hydrogen-bond acceptors (Lipinski definition) is 4.